The number of aryl methyl sites for hydroxylation is 3. The minimum atomic E-state index is 0.584. The molecule has 8 nitrogen and oxygen atoms in total. The number of imidazole rings is 1. The number of oxazole rings is 1. The molecular formula is C27H25N7O. The van der Waals surface area contributed by atoms with Crippen LogP contribution in [0.2, 0.25) is 0 Å². The van der Waals surface area contributed by atoms with E-state index in [1.165, 1.54) is 0 Å². The van der Waals surface area contributed by atoms with E-state index in [1.54, 1.807) is 0 Å². The monoisotopic (exact) mass is 463 g/mol. The lowest BCUT2D eigenvalue weighted by molar-refractivity contribution is 0.620. The van der Waals surface area contributed by atoms with Gasteiger partial charge in [-0.15, -0.1) is 10.2 Å². The Labute approximate surface area is 202 Å². The Morgan fingerprint density at radius 1 is 1.00 bits per heavy atom. The Kier molecular flexibility index (Phi) is 5.13. The van der Waals surface area contributed by atoms with Crippen molar-refractivity contribution in [3.8, 4) is 22.8 Å². The zero-order chi connectivity index (χ0) is 23.9. The van der Waals surface area contributed by atoms with Crippen LogP contribution in [0.5, 0.6) is 0 Å². The van der Waals surface area contributed by atoms with E-state index in [4.69, 9.17) is 14.4 Å². The molecule has 3 aromatic carbocycles. The normalized spacial score (nSPS) is 11.6. The maximum Gasteiger partial charge on any atom is 0.227 e. The summed E-state index contributed by atoms with van der Waals surface area (Å²) < 4.78 is 8.42. The van der Waals surface area contributed by atoms with Crippen molar-refractivity contribution in [1.82, 2.24) is 35.2 Å². The van der Waals surface area contributed by atoms with E-state index in [9.17, 15) is 0 Å². The second-order valence-electron chi connectivity index (χ2n) is 8.91. The van der Waals surface area contributed by atoms with Gasteiger partial charge in [0.15, 0.2) is 5.58 Å². The SMILES string of the molecule is CCCc1nc2c(C)cc(-c3nc4cc(C)ccc4o3)cc2n1Cc1ccccc1-c1nn[nH]n1. The van der Waals surface area contributed by atoms with E-state index in [0.29, 0.717) is 18.3 Å². The van der Waals surface area contributed by atoms with Crippen molar-refractivity contribution < 1.29 is 4.42 Å². The summed E-state index contributed by atoms with van der Waals surface area (Å²) in [6, 6.07) is 18.5. The predicted octanol–water partition coefficient (Wildman–Crippen LogP) is 5.64. The van der Waals surface area contributed by atoms with E-state index < -0.39 is 0 Å². The second kappa shape index (κ2) is 8.47. The van der Waals surface area contributed by atoms with Crippen LogP contribution in [0.4, 0.5) is 0 Å². The zero-order valence-electron chi connectivity index (χ0n) is 19.9. The van der Waals surface area contributed by atoms with Gasteiger partial charge in [-0.05, 0) is 66.4 Å². The van der Waals surface area contributed by atoms with Gasteiger partial charge in [-0.3, -0.25) is 0 Å². The third-order valence-electron chi connectivity index (χ3n) is 6.32. The Hall–Kier alpha value is -4.33. The van der Waals surface area contributed by atoms with Gasteiger partial charge in [-0.1, -0.05) is 37.3 Å². The van der Waals surface area contributed by atoms with Gasteiger partial charge < -0.3 is 8.98 Å². The largest absolute Gasteiger partial charge is 0.436 e. The Bertz CT molecular complexity index is 1660. The summed E-state index contributed by atoms with van der Waals surface area (Å²) in [7, 11) is 0. The summed E-state index contributed by atoms with van der Waals surface area (Å²) >= 11 is 0. The molecule has 0 radical (unpaired) electrons. The molecular weight excluding hydrogens is 438 g/mol. The number of aromatic amines is 1. The lowest BCUT2D eigenvalue weighted by Gasteiger charge is -2.12. The molecule has 0 aliphatic heterocycles. The van der Waals surface area contributed by atoms with Crippen LogP contribution in [0.25, 0.3) is 45.0 Å². The second-order valence-corrected chi connectivity index (χ2v) is 8.91. The highest BCUT2D eigenvalue weighted by atomic mass is 16.3. The first kappa shape index (κ1) is 21.2. The lowest BCUT2D eigenvalue weighted by Crippen LogP contribution is -2.06. The maximum absolute atomic E-state index is 6.13. The molecule has 0 spiro atoms. The van der Waals surface area contributed by atoms with Crippen molar-refractivity contribution in [1.29, 1.82) is 0 Å². The van der Waals surface area contributed by atoms with Crippen LogP contribution >= 0.6 is 0 Å². The highest BCUT2D eigenvalue weighted by Gasteiger charge is 2.18. The Morgan fingerprint density at radius 3 is 2.71 bits per heavy atom. The fraction of sp³-hybridized carbons (Fsp3) is 0.222. The summed E-state index contributed by atoms with van der Waals surface area (Å²) in [5.41, 5.74) is 8.97. The predicted molar refractivity (Wildman–Crippen MR) is 135 cm³/mol. The molecule has 6 rings (SSSR count). The van der Waals surface area contributed by atoms with Gasteiger partial charge in [0.1, 0.15) is 11.3 Å². The maximum atomic E-state index is 6.13. The van der Waals surface area contributed by atoms with Crippen molar-refractivity contribution in [2.24, 2.45) is 0 Å². The van der Waals surface area contributed by atoms with Crippen LogP contribution in [0.1, 0.15) is 35.9 Å². The molecule has 1 N–H and O–H groups in total. The quantitative estimate of drug-likeness (QED) is 0.343. The number of benzene rings is 3. The molecule has 3 heterocycles. The summed E-state index contributed by atoms with van der Waals surface area (Å²) in [4.78, 5) is 9.81. The average Bonchev–Trinajstić information content (AvgIpc) is 3.60. The first-order chi connectivity index (χ1) is 17.1. The van der Waals surface area contributed by atoms with Crippen LogP contribution in [0.3, 0.4) is 0 Å². The van der Waals surface area contributed by atoms with Crippen LogP contribution < -0.4 is 0 Å². The molecule has 0 aliphatic carbocycles. The van der Waals surface area contributed by atoms with E-state index >= 15 is 0 Å². The van der Waals surface area contributed by atoms with Gasteiger partial charge in [0, 0.05) is 17.5 Å². The molecule has 0 amide bonds. The number of hydrogen-bond acceptors (Lipinski definition) is 6. The molecule has 0 saturated carbocycles. The Morgan fingerprint density at radius 2 is 1.89 bits per heavy atom. The van der Waals surface area contributed by atoms with Crippen LogP contribution in [-0.2, 0) is 13.0 Å². The van der Waals surface area contributed by atoms with E-state index in [2.05, 4.69) is 64.2 Å². The zero-order valence-corrected chi connectivity index (χ0v) is 19.9. The van der Waals surface area contributed by atoms with Crippen LogP contribution in [0.15, 0.2) is 59.0 Å². The molecule has 35 heavy (non-hydrogen) atoms. The third kappa shape index (κ3) is 3.77. The standard InChI is InChI=1S/C27H25N7O/c1-4-7-24-29-25-17(3)13-19(27-28-21-12-16(2)10-11-23(21)35-27)14-22(25)34(24)15-18-8-5-6-9-20(18)26-30-32-33-31-26/h5-6,8-14H,4,7,15H2,1-3H3,(H,30,31,32,33). The molecule has 0 saturated heterocycles. The summed E-state index contributed by atoms with van der Waals surface area (Å²) in [6.45, 7) is 6.98. The van der Waals surface area contributed by atoms with Gasteiger partial charge >= 0.3 is 0 Å². The molecule has 8 heteroatoms. The third-order valence-corrected chi connectivity index (χ3v) is 6.32. The van der Waals surface area contributed by atoms with Crippen LogP contribution in [0, 0.1) is 13.8 Å². The van der Waals surface area contributed by atoms with Crippen molar-refractivity contribution in [2.75, 3.05) is 0 Å². The van der Waals surface area contributed by atoms with Crippen LogP contribution in [-0.4, -0.2) is 35.2 Å². The lowest BCUT2D eigenvalue weighted by atomic mass is 10.1. The molecule has 174 valence electrons. The minimum Gasteiger partial charge on any atom is -0.436 e. The number of fused-ring (bicyclic) bond motifs is 2. The molecule has 0 bridgehead atoms. The van der Waals surface area contributed by atoms with Gasteiger partial charge in [0.25, 0.3) is 0 Å². The molecule has 0 unspecified atom stereocenters. The minimum absolute atomic E-state index is 0.584. The summed E-state index contributed by atoms with van der Waals surface area (Å²) in [5.74, 6) is 2.26. The first-order valence-electron chi connectivity index (χ1n) is 11.8. The number of rotatable bonds is 6. The molecule has 6 aromatic rings. The number of tetrazole rings is 1. The number of aromatic nitrogens is 7. The summed E-state index contributed by atoms with van der Waals surface area (Å²) in [6.07, 6.45) is 1.89. The van der Waals surface area contributed by atoms with E-state index in [-0.39, 0.29) is 0 Å². The highest BCUT2D eigenvalue weighted by molar-refractivity contribution is 5.86. The smallest absolute Gasteiger partial charge is 0.227 e. The van der Waals surface area contributed by atoms with Crippen molar-refractivity contribution in [2.45, 2.75) is 40.2 Å². The molecule has 0 aliphatic rings. The van der Waals surface area contributed by atoms with Gasteiger partial charge in [-0.25, -0.2) is 9.97 Å². The van der Waals surface area contributed by atoms with Crippen molar-refractivity contribution >= 4 is 22.1 Å². The van der Waals surface area contributed by atoms with Gasteiger partial charge in [0.2, 0.25) is 11.7 Å². The fourth-order valence-electron chi connectivity index (χ4n) is 4.64. The number of nitrogens with zero attached hydrogens (tertiary/aromatic N) is 6. The van der Waals surface area contributed by atoms with Gasteiger partial charge in [-0.2, -0.15) is 5.21 Å². The fourth-order valence-corrected chi connectivity index (χ4v) is 4.64. The average molecular weight is 464 g/mol. The molecule has 0 atom stereocenters. The van der Waals surface area contributed by atoms with Gasteiger partial charge in [0.05, 0.1) is 17.6 Å². The molecule has 0 fully saturated rings. The number of hydrogen-bond donors (Lipinski definition) is 1. The van der Waals surface area contributed by atoms with E-state index in [0.717, 1.165) is 68.6 Å². The highest BCUT2D eigenvalue weighted by Crippen LogP contribution is 2.32. The van der Waals surface area contributed by atoms with Crippen molar-refractivity contribution in [3.63, 3.8) is 0 Å². The number of nitrogens with one attached hydrogen (secondary N) is 1. The topological polar surface area (TPSA) is 98.3 Å². The first-order valence-corrected chi connectivity index (χ1v) is 11.8. The number of H-pyrrole nitrogens is 1. The summed E-state index contributed by atoms with van der Waals surface area (Å²) in [5, 5.41) is 14.7. The van der Waals surface area contributed by atoms with Crippen molar-refractivity contribution in [3.05, 3.63) is 77.1 Å². The Balaban J connectivity index is 1.51. The van der Waals surface area contributed by atoms with E-state index in [1.807, 2.05) is 36.4 Å². The molecule has 3 aromatic heterocycles.